The normalized spacial score (nSPS) is 11.1. The highest BCUT2D eigenvalue weighted by atomic mass is 32.2. The van der Waals surface area contributed by atoms with Gasteiger partial charge in [0.05, 0.1) is 11.1 Å². The van der Waals surface area contributed by atoms with Gasteiger partial charge in [0.15, 0.2) is 5.16 Å². The maximum atomic E-state index is 12.5. The summed E-state index contributed by atoms with van der Waals surface area (Å²) in [5, 5.41) is 4.07. The van der Waals surface area contributed by atoms with Gasteiger partial charge in [-0.1, -0.05) is 11.8 Å². The fraction of sp³-hybridized carbons (Fsp3) is 0.533. The van der Waals surface area contributed by atoms with Crippen molar-refractivity contribution < 1.29 is 9.53 Å². The van der Waals surface area contributed by atoms with Crippen LogP contribution in [0.3, 0.4) is 0 Å². The van der Waals surface area contributed by atoms with Crippen LogP contribution in [0.1, 0.15) is 16.9 Å². The molecular formula is C15H21N3O3S2. The molecule has 0 unspecified atom stereocenters. The largest absolute Gasteiger partial charge is 0.385 e. The number of nitrogens with one attached hydrogen (secondary N) is 1. The van der Waals surface area contributed by atoms with Crippen LogP contribution in [0, 0.1) is 13.8 Å². The van der Waals surface area contributed by atoms with Crippen molar-refractivity contribution in [1.29, 1.82) is 0 Å². The Balaban J connectivity index is 2.08. The zero-order valence-corrected chi connectivity index (χ0v) is 15.4. The van der Waals surface area contributed by atoms with E-state index in [0.717, 1.165) is 21.7 Å². The van der Waals surface area contributed by atoms with Crippen LogP contribution in [0.15, 0.2) is 9.95 Å². The van der Waals surface area contributed by atoms with Gasteiger partial charge >= 0.3 is 0 Å². The van der Waals surface area contributed by atoms with E-state index in [1.165, 1.54) is 27.7 Å². The van der Waals surface area contributed by atoms with Gasteiger partial charge in [-0.05, 0) is 25.8 Å². The smallest absolute Gasteiger partial charge is 0.262 e. The first-order chi connectivity index (χ1) is 11.0. The summed E-state index contributed by atoms with van der Waals surface area (Å²) in [5.74, 6) is 0.168. The second-order valence-electron chi connectivity index (χ2n) is 5.21. The monoisotopic (exact) mass is 355 g/mol. The van der Waals surface area contributed by atoms with E-state index < -0.39 is 0 Å². The molecule has 23 heavy (non-hydrogen) atoms. The molecule has 0 atom stereocenters. The van der Waals surface area contributed by atoms with Gasteiger partial charge in [0.25, 0.3) is 5.56 Å². The number of carbonyl (C=O) groups excluding carboxylic acids is 1. The Labute approximate surface area is 143 Å². The van der Waals surface area contributed by atoms with E-state index in [9.17, 15) is 9.59 Å². The molecule has 2 aromatic rings. The van der Waals surface area contributed by atoms with E-state index in [-0.39, 0.29) is 17.2 Å². The Morgan fingerprint density at radius 3 is 2.87 bits per heavy atom. The zero-order chi connectivity index (χ0) is 17.0. The van der Waals surface area contributed by atoms with E-state index in [1.807, 2.05) is 13.8 Å². The van der Waals surface area contributed by atoms with Crippen LogP contribution in [-0.2, 0) is 16.6 Å². The third-order valence-electron chi connectivity index (χ3n) is 3.55. The number of nitrogens with zero attached hydrogens (tertiary/aromatic N) is 2. The van der Waals surface area contributed by atoms with Gasteiger partial charge in [0.2, 0.25) is 5.91 Å². The summed E-state index contributed by atoms with van der Waals surface area (Å²) in [4.78, 5) is 30.7. The molecule has 0 aromatic carbocycles. The number of thioether (sulfide) groups is 1. The Kier molecular flexibility index (Phi) is 6.20. The summed E-state index contributed by atoms with van der Waals surface area (Å²) in [7, 11) is 3.33. The summed E-state index contributed by atoms with van der Waals surface area (Å²) < 4.78 is 6.45. The van der Waals surface area contributed by atoms with Crippen molar-refractivity contribution in [1.82, 2.24) is 14.9 Å². The number of hydrogen-bond acceptors (Lipinski definition) is 6. The van der Waals surface area contributed by atoms with Gasteiger partial charge in [0.1, 0.15) is 4.83 Å². The molecule has 0 radical (unpaired) electrons. The second-order valence-corrected chi connectivity index (χ2v) is 7.35. The van der Waals surface area contributed by atoms with Gasteiger partial charge in [-0.2, -0.15) is 0 Å². The number of rotatable bonds is 7. The lowest BCUT2D eigenvalue weighted by molar-refractivity contribution is -0.118. The van der Waals surface area contributed by atoms with Crippen LogP contribution < -0.4 is 10.9 Å². The highest BCUT2D eigenvalue weighted by Gasteiger charge is 2.15. The minimum Gasteiger partial charge on any atom is -0.385 e. The van der Waals surface area contributed by atoms with Crippen molar-refractivity contribution in [3.63, 3.8) is 0 Å². The number of amides is 1. The van der Waals surface area contributed by atoms with Crippen molar-refractivity contribution >= 4 is 39.2 Å². The van der Waals surface area contributed by atoms with Crippen LogP contribution in [-0.4, -0.2) is 41.5 Å². The molecule has 0 aliphatic carbocycles. The summed E-state index contributed by atoms with van der Waals surface area (Å²) in [6, 6.07) is 0. The fourth-order valence-electron chi connectivity index (χ4n) is 2.11. The number of ether oxygens (including phenoxy) is 1. The molecule has 1 amide bonds. The number of aromatic nitrogens is 2. The third-order valence-corrected chi connectivity index (χ3v) is 5.68. The van der Waals surface area contributed by atoms with Gasteiger partial charge in [0, 0.05) is 32.2 Å². The quantitative estimate of drug-likeness (QED) is 0.466. The summed E-state index contributed by atoms with van der Waals surface area (Å²) in [5.41, 5.74) is 0.936. The second kappa shape index (κ2) is 7.94. The van der Waals surface area contributed by atoms with Gasteiger partial charge < -0.3 is 10.1 Å². The number of hydrogen-bond donors (Lipinski definition) is 1. The molecule has 8 heteroatoms. The minimum atomic E-state index is -0.0704. The van der Waals surface area contributed by atoms with Crippen molar-refractivity contribution in [2.24, 2.45) is 7.05 Å². The third kappa shape index (κ3) is 4.13. The molecule has 2 rings (SSSR count). The lowest BCUT2D eigenvalue weighted by Gasteiger charge is -2.08. The van der Waals surface area contributed by atoms with Crippen LogP contribution in [0.2, 0.25) is 0 Å². The number of methoxy groups -OCH3 is 1. The van der Waals surface area contributed by atoms with E-state index >= 15 is 0 Å². The topological polar surface area (TPSA) is 73.2 Å². The van der Waals surface area contributed by atoms with Crippen LogP contribution in [0.25, 0.3) is 10.2 Å². The van der Waals surface area contributed by atoms with E-state index in [1.54, 1.807) is 14.2 Å². The zero-order valence-electron chi connectivity index (χ0n) is 13.8. The van der Waals surface area contributed by atoms with E-state index in [2.05, 4.69) is 10.3 Å². The molecule has 0 saturated carbocycles. The Hall–Kier alpha value is -1.38. The minimum absolute atomic E-state index is 0.0557. The molecule has 6 nitrogen and oxygen atoms in total. The molecule has 0 bridgehead atoms. The SMILES string of the molecule is COCCCNC(=O)CSc1nc2sc(C)c(C)c2c(=O)n1C. The molecule has 2 aromatic heterocycles. The molecule has 0 spiro atoms. The van der Waals surface area contributed by atoms with Gasteiger partial charge in [-0.3, -0.25) is 14.2 Å². The highest BCUT2D eigenvalue weighted by molar-refractivity contribution is 7.99. The molecule has 2 heterocycles. The van der Waals surface area contributed by atoms with Crippen molar-refractivity contribution in [3.05, 3.63) is 20.8 Å². The molecule has 1 N–H and O–H groups in total. The first-order valence-corrected chi connectivity index (χ1v) is 9.11. The molecule has 126 valence electrons. The summed E-state index contributed by atoms with van der Waals surface area (Å²) in [6.07, 6.45) is 0.781. The maximum absolute atomic E-state index is 12.5. The van der Waals surface area contributed by atoms with Crippen LogP contribution in [0.5, 0.6) is 0 Å². The summed E-state index contributed by atoms with van der Waals surface area (Å²) >= 11 is 2.80. The highest BCUT2D eigenvalue weighted by Crippen LogP contribution is 2.27. The predicted molar refractivity (Wildman–Crippen MR) is 94.6 cm³/mol. The standard InChI is InChI=1S/C15H21N3O3S2/c1-9-10(2)23-13-12(9)14(20)18(3)15(17-13)22-8-11(19)16-6-5-7-21-4/h5-8H2,1-4H3,(H,16,19). The van der Waals surface area contributed by atoms with Crippen molar-refractivity contribution in [2.75, 3.05) is 26.0 Å². The maximum Gasteiger partial charge on any atom is 0.262 e. The Morgan fingerprint density at radius 1 is 1.43 bits per heavy atom. The molecule has 0 fully saturated rings. The average Bonchev–Trinajstić information content (AvgIpc) is 2.81. The van der Waals surface area contributed by atoms with Gasteiger partial charge in [-0.15, -0.1) is 11.3 Å². The average molecular weight is 355 g/mol. The predicted octanol–water partition coefficient (Wildman–Crippen LogP) is 1.86. The number of carbonyl (C=O) groups is 1. The summed E-state index contributed by atoms with van der Waals surface area (Å²) in [6.45, 7) is 5.14. The van der Waals surface area contributed by atoms with Crippen LogP contribution in [0.4, 0.5) is 0 Å². The van der Waals surface area contributed by atoms with Gasteiger partial charge in [-0.25, -0.2) is 4.98 Å². The molecule has 0 saturated heterocycles. The number of fused-ring (bicyclic) bond motifs is 1. The van der Waals surface area contributed by atoms with E-state index in [4.69, 9.17) is 4.74 Å². The van der Waals surface area contributed by atoms with Crippen molar-refractivity contribution in [3.8, 4) is 0 Å². The Morgan fingerprint density at radius 2 is 2.17 bits per heavy atom. The lowest BCUT2D eigenvalue weighted by Crippen LogP contribution is -2.27. The fourth-order valence-corrected chi connectivity index (χ4v) is 3.98. The van der Waals surface area contributed by atoms with Crippen LogP contribution >= 0.6 is 23.1 Å². The first-order valence-electron chi connectivity index (χ1n) is 7.30. The lowest BCUT2D eigenvalue weighted by atomic mass is 10.2. The van der Waals surface area contributed by atoms with E-state index in [0.29, 0.717) is 23.7 Å². The number of aryl methyl sites for hydroxylation is 2. The molecular weight excluding hydrogens is 334 g/mol. The molecule has 0 aliphatic rings. The first kappa shape index (κ1) is 18.0. The Bertz CT molecular complexity index is 767. The number of thiophene rings is 1. The van der Waals surface area contributed by atoms with Crippen molar-refractivity contribution in [2.45, 2.75) is 25.4 Å². The molecule has 0 aliphatic heterocycles.